The fourth-order valence-electron chi connectivity index (χ4n) is 2.77. The van der Waals surface area contributed by atoms with Gasteiger partial charge >= 0.3 is 0 Å². The highest BCUT2D eigenvalue weighted by molar-refractivity contribution is 5.19. The number of hydrogen-bond donors (Lipinski definition) is 1. The smallest absolute Gasteiger partial charge is 0.280 e. The average molecular weight is 257 g/mol. The SMILES string of the molecule is CNCc1cnn(C2CCCCCC2)c1C(F)F. The van der Waals surface area contributed by atoms with Crippen molar-refractivity contribution in [2.45, 2.75) is 57.5 Å². The Morgan fingerprint density at radius 2 is 2.00 bits per heavy atom. The Balaban J connectivity index is 2.25. The molecule has 1 aromatic rings. The van der Waals surface area contributed by atoms with Crippen LogP contribution < -0.4 is 5.32 Å². The van der Waals surface area contributed by atoms with Gasteiger partial charge in [0.15, 0.2) is 0 Å². The van der Waals surface area contributed by atoms with Crippen molar-refractivity contribution in [3.8, 4) is 0 Å². The molecule has 1 N–H and O–H groups in total. The molecule has 1 saturated carbocycles. The first-order chi connectivity index (χ1) is 8.74. The van der Waals surface area contributed by atoms with E-state index in [0.29, 0.717) is 12.1 Å². The second-order valence-electron chi connectivity index (χ2n) is 4.98. The van der Waals surface area contributed by atoms with Gasteiger partial charge in [-0.2, -0.15) is 5.10 Å². The number of halogens is 2. The number of rotatable bonds is 4. The molecule has 102 valence electrons. The predicted molar refractivity (Wildman–Crippen MR) is 66.7 cm³/mol. The second-order valence-corrected chi connectivity index (χ2v) is 4.98. The van der Waals surface area contributed by atoms with Gasteiger partial charge in [-0.05, 0) is 19.9 Å². The van der Waals surface area contributed by atoms with Gasteiger partial charge in [-0.1, -0.05) is 25.7 Å². The van der Waals surface area contributed by atoms with E-state index in [9.17, 15) is 8.78 Å². The molecule has 2 rings (SSSR count). The molecule has 1 fully saturated rings. The van der Waals surface area contributed by atoms with E-state index in [-0.39, 0.29) is 11.7 Å². The Labute approximate surface area is 107 Å². The number of aromatic nitrogens is 2. The topological polar surface area (TPSA) is 29.9 Å². The van der Waals surface area contributed by atoms with Gasteiger partial charge in [-0.3, -0.25) is 4.68 Å². The third kappa shape index (κ3) is 2.88. The Morgan fingerprint density at radius 1 is 1.33 bits per heavy atom. The molecule has 0 atom stereocenters. The van der Waals surface area contributed by atoms with Crippen LogP contribution in [0.4, 0.5) is 8.78 Å². The molecule has 1 heterocycles. The number of hydrogen-bond acceptors (Lipinski definition) is 2. The maximum atomic E-state index is 13.2. The zero-order chi connectivity index (χ0) is 13.0. The molecule has 0 radical (unpaired) electrons. The molecule has 0 unspecified atom stereocenters. The van der Waals surface area contributed by atoms with Crippen molar-refractivity contribution in [3.05, 3.63) is 17.5 Å². The van der Waals surface area contributed by atoms with E-state index in [1.807, 2.05) is 0 Å². The Morgan fingerprint density at radius 3 is 2.56 bits per heavy atom. The molecule has 0 amide bonds. The van der Waals surface area contributed by atoms with Gasteiger partial charge in [0.2, 0.25) is 0 Å². The lowest BCUT2D eigenvalue weighted by Gasteiger charge is -2.18. The molecule has 1 aliphatic rings. The van der Waals surface area contributed by atoms with Crippen LogP contribution >= 0.6 is 0 Å². The van der Waals surface area contributed by atoms with Crippen molar-refractivity contribution >= 4 is 0 Å². The molecule has 0 saturated heterocycles. The highest BCUT2D eigenvalue weighted by Gasteiger charge is 2.24. The fourth-order valence-corrected chi connectivity index (χ4v) is 2.77. The van der Waals surface area contributed by atoms with E-state index in [1.54, 1.807) is 17.9 Å². The van der Waals surface area contributed by atoms with Crippen molar-refractivity contribution in [2.24, 2.45) is 0 Å². The average Bonchev–Trinajstić information content (AvgIpc) is 2.59. The van der Waals surface area contributed by atoms with Crippen LogP contribution in [-0.4, -0.2) is 16.8 Å². The van der Waals surface area contributed by atoms with Gasteiger partial charge in [0.25, 0.3) is 6.43 Å². The first-order valence-electron chi connectivity index (χ1n) is 6.73. The first-order valence-corrected chi connectivity index (χ1v) is 6.73. The lowest BCUT2D eigenvalue weighted by molar-refractivity contribution is 0.133. The van der Waals surface area contributed by atoms with Crippen LogP contribution in [0.25, 0.3) is 0 Å². The van der Waals surface area contributed by atoms with Gasteiger partial charge < -0.3 is 5.32 Å². The van der Waals surface area contributed by atoms with Crippen LogP contribution in [0.15, 0.2) is 6.20 Å². The second kappa shape index (κ2) is 6.27. The summed E-state index contributed by atoms with van der Waals surface area (Å²) in [5.41, 5.74) is 0.730. The quantitative estimate of drug-likeness (QED) is 0.837. The van der Waals surface area contributed by atoms with Crippen molar-refractivity contribution < 1.29 is 8.78 Å². The van der Waals surface area contributed by atoms with E-state index in [4.69, 9.17) is 0 Å². The molecular formula is C13H21F2N3. The standard InChI is InChI=1S/C13H21F2N3/c1-16-8-10-9-17-18(12(10)13(14)15)11-6-4-2-3-5-7-11/h9,11,13,16H,2-8H2,1H3. The molecular weight excluding hydrogens is 236 g/mol. The van der Waals surface area contributed by atoms with Crippen LogP contribution in [0.2, 0.25) is 0 Å². The summed E-state index contributed by atoms with van der Waals surface area (Å²) < 4.78 is 28.0. The van der Waals surface area contributed by atoms with Gasteiger partial charge in [-0.25, -0.2) is 8.78 Å². The van der Waals surface area contributed by atoms with Crippen LogP contribution in [0.3, 0.4) is 0 Å². The molecule has 1 aromatic heterocycles. The fraction of sp³-hybridized carbons (Fsp3) is 0.769. The number of alkyl halides is 2. The predicted octanol–water partition coefficient (Wildman–Crippen LogP) is 3.44. The summed E-state index contributed by atoms with van der Waals surface area (Å²) in [4.78, 5) is 0. The zero-order valence-electron chi connectivity index (χ0n) is 10.8. The van der Waals surface area contributed by atoms with E-state index in [1.165, 1.54) is 12.8 Å². The maximum Gasteiger partial charge on any atom is 0.280 e. The normalized spacial score (nSPS) is 18.2. The van der Waals surface area contributed by atoms with E-state index in [2.05, 4.69) is 10.4 Å². The summed E-state index contributed by atoms with van der Waals surface area (Å²) in [5, 5.41) is 7.14. The highest BCUT2D eigenvalue weighted by atomic mass is 19.3. The molecule has 0 spiro atoms. The van der Waals surface area contributed by atoms with Crippen LogP contribution in [-0.2, 0) is 6.54 Å². The minimum Gasteiger partial charge on any atom is -0.316 e. The summed E-state index contributed by atoms with van der Waals surface area (Å²) >= 11 is 0. The van der Waals surface area contributed by atoms with E-state index in [0.717, 1.165) is 25.7 Å². The summed E-state index contributed by atoms with van der Waals surface area (Å²) in [6.07, 6.45) is 5.75. The van der Waals surface area contributed by atoms with Gasteiger partial charge in [0.1, 0.15) is 5.69 Å². The monoisotopic (exact) mass is 257 g/mol. The van der Waals surface area contributed by atoms with Crippen LogP contribution in [0.1, 0.15) is 62.2 Å². The van der Waals surface area contributed by atoms with E-state index < -0.39 is 6.43 Å². The minimum absolute atomic E-state index is 0.108. The van der Waals surface area contributed by atoms with Crippen molar-refractivity contribution in [3.63, 3.8) is 0 Å². The molecule has 0 aromatic carbocycles. The molecule has 18 heavy (non-hydrogen) atoms. The third-order valence-electron chi connectivity index (χ3n) is 3.66. The van der Waals surface area contributed by atoms with Gasteiger partial charge in [-0.15, -0.1) is 0 Å². The lowest BCUT2D eigenvalue weighted by Crippen LogP contribution is -2.15. The first kappa shape index (κ1) is 13.5. The van der Waals surface area contributed by atoms with Crippen LogP contribution in [0, 0.1) is 0 Å². The summed E-state index contributed by atoms with van der Waals surface area (Å²) in [6.45, 7) is 0.451. The third-order valence-corrected chi connectivity index (χ3v) is 3.66. The van der Waals surface area contributed by atoms with E-state index >= 15 is 0 Å². The number of nitrogens with one attached hydrogen (secondary N) is 1. The van der Waals surface area contributed by atoms with Gasteiger partial charge in [0.05, 0.1) is 12.2 Å². The zero-order valence-corrected chi connectivity index (χ0v) is 10.8. The van der Waals surface area contributed by atoms with Crippen molar-refractivity contribution in [1.29, 1.82) is 0 Å². The summed E-state index contributed by atoms with van der Waals surface area (Å²) in [5.74, 6) is 0. The Bertz CT molecular complexity index is 368. The minimum atomic E-state index is -2.45. The van der Waals surface area contributed by atoms with Gasteiger partial charge in [0, 0.05) is 12.1 Å². The molecule has 5 heteroatoms. The molecule has 3 nitrogen and oxygen atoms in total. The highest BCUT2D eigenvalue weighted by Crippen LogP contribution is 2.32. The molecule has 0 bridgehead atoms. The largest absolute Gasteiger partial charge is 0.316 e. The summed E-state index contributed by atoms with van der Waals surface area (Å²) in [7, 11) is 1.76. The molecule has 1 aliphatic carbocycles. The Kier molecular flexibility index (Phi) is 4.69. The van der Waals surface area contributed by atoms with Crippen molar-refractivity contribution in [1.82, 2.24) is 15.1 Å². The lowest BCUT2D eigenvalue weighted by atomic mass is 10.1. The number of nitrogens with zero attached hydrogens (tertiary/aromatic N) is 2. The molecule has 0 aliphatic heterocycles. The van der Waals surface area contributed by atoms with Crippen LogP contribution in [0.5, 0.6) is 0 Å². The Hall–Kier alpha value is -0.970. The maximum absolute atomic E-state index is 13.2. The van der Waals surface area contributed by atoms with Crippen molar-refractivity contribution in [2.75, 3.05) is 7.05 Å². The summed E-state index contributed by atoms with van der Waals surface area (Å²) in [6, 6.07) is 0.155.